The van der Waals surface area contributed by atoms with Crippen LogP contribution in [0.15, 0.2) is 30.5 Å². The molecule has 2 N–H and O–H groups in total. The number of likely N-dealkylation sites (N-methyl/N-ethyl adjacent to an activating group) is 1. The molecule has 3 aromatic rings. The van der Waals surface area contributed by atoms with Crippen molar-refractivity contribution in [2.24, 2.45) is 7.05 Å². The van der Waals surface area contributed by atoms with Gasteiger partial charge in [0.05, 0.1) is 11.6 Å². The van der Waals surface area contributed by atoms with Crippen molar-refractivity contribution in [1.29, 1.82) is 0 Å². The minimum absolute atomic E-state index is 0. The fourth-order valence-electron chi connectivity index (χ4n) is 2.29. The number of hydrogen-bond donors (Lipinski definition) is 2. The van der Waals surface area contributed by atoms with Crippen LogP contribution < -0.4 is 10.6 Å². The van der Waals surface area contributed by atoms with E-state index in [0.29, 0.717) is 16.8 Å². The Hall–Kier alpha value is -2.09. The van der Waals surface area contributed by atoms with Crippen LogP contribution in [0.1, 0.15) is 0 Å². The lowest BCUT2D eigenvalue weighted by molar-refractivity contribution is 0.425. The van der Waals surface area contributed by atoms with E-state index in [0.717, 1.165) is 29.8 Å². The Labute approximate surface area is 157 Å². The molecule has 25 heavy (non-hydrogen) atoms. The van der Waals surface area contributed by atoms with E-state index in [1.54, 1.807) is 10.9 Å². The summed E-state index contributed by atoms with van der Waals surface area (Å²) in [6.45, 7) is 1.65. The first kappa shape index (κ1) is 19.2. The highest BCUT2D eigenvalue weighted by molar-refractivity contribution is 6.30. The molecule has 2 aromatic heterocycles. The molecule has 0 aliphatic carbocycles. The van der Waals surface area contributed by atoms with Crippen LogP contribution in [0.25, 0.3) is 11.0 Å². The molecule has 0 saturated carbocycles. The summed E-state index contributed by atoms with van der Waals surface area (Å²) in [6, 6.07) is 7.52. The molecule has 0 unspecified atom stereocenters. The van der Waals surface area contributed by atoms with Gasteiger partial charge in [0.25, 0.3) is 0 Å². The van der Waals surface area contributed by atoms with Crippen molar-refractivity contribution in [1.82, 2.24) is 24.6 Å². The Morgan fingerprint density at radius 3 is 2.76 bits per heavy atom. The van der Waals surface area contributed by atoms with Crippen LogP contribution in [0.2, 0.25) is 5.02 Å². The van der Waals surface area contributed by atoms with Crippen LogP contribution in [-0.4, -0.2) is 51.8 Å². The molecule has 0 saturated heterocycles. The number of aryl methyl sites for hydroxylation is 1. The van der Waals surface area contributed by atoms with Crippen molar-refractivity contribution in [2.75, 3.05) is 37.8 Å². The lowest BCUT2D eigenvalue weighted by atomic mass is 10.3. The third kappa shape index (κ3) is 4.72. The highest BCUT2D eigenvalue weighted by Crippen LogP contribution is 2.26. The third-order valence-corrected chi connectivity index (χ3v) is 3.76. The zero-order chi connectivity index (χ0) is 17.1. The Balaban J connectivity index is 0.00000225. The predicted octanol–water partition coefficient (Wildman–Crippen LogP) is 3.16. The number of nitrogens with zero attached hydrogens (tertiary/aromatic N) is 5. The van der Waals surface area contributed by atoms with Gasteiger partial charge in [0.2, 0.25) is 5.95 Å². The second-order valence-corrected chi connectivity index (χ2v) is 6.20. The van der Waals surface area contributed by atoms with Crippen molar-refractivity contribution in [3.8, 4) is 0 Å². The molecule has 1 aromatic carbocycles. The van der Waals surface area contributed by atoms with E-state index in [4.69, 9.17) is 11.6 Å². The van der Waals surface area contributed by atoms with Gasteiger partial charge in [-0.2, -0.15) is 15.1 Å². The number of benzene rings is 1. The molecule has 0 spiro atoms. The number of aromatic nitrogens is 4. The fraction of sp³-hybridized carbons (Fsp3) is 0.312. The van der Waals surface area contributed by atoms with Crippen LogP contribution in [0, 0.1) is 0 Å². The first-order chi connectivity index (χ1) is 11.5. The number of anilines is 3. The summed E-state index contributed by atoms with van der Waals surface area (Å²) in [7, 11) is 5.92. The van der Waals surface area contributed by atoms with Crippen molar-refractivity contribution in [2.45, 2.75) is 0 Å². The molecule has 0 aliphatic rings. The summed E-state index contributed by atoms with van der Waals surface area (Å²) in [5, 5.41) is 12.4. The molecule has 3 rings (SSSR count). The van der Waals surface area contributed by atoms with Gasteiger partial charge in [0.15, 0.2) is 5.65 Å². The van der Waals surface area contributed by atoms with Gasteiger partial charge in [-0.05, 0) is 32.3 Å². The molecule has 0 radical (unpaired) electrons. The molecular weight excluding hydrogens is 361 g/mol. The topological polar surface area (TPSA) is 70.9 Å². The third-order valence-electron chi connectivity index (χ3n) is 3.52. The first-order valence-electron chi connectivity index (χ1n) is 7.64. The Bertz CT molecular complexity index is 848. The molecule has 0 bridgehead atoms. The van der Waals surface area contributed by atoms with Crippen LogP contribution in [0.3, 0.4) is 0 Å². The molecule has 2 heterocycles. The lowest BCUT2D eigenvalue weighted by Crippen LogP contribution is -2.21. The Morgan fingerprint density at radius 2 is 2.04 bits per heavy atom. The summed E-state index contributed by atoms with van der Waals surface area (Å²) in [5.41, 5.74) is 1.63. The van der Waals surface area contributed by atoms with Crippen LogP contribution in [-0.2, 0) is 7.05 Å². The smallest absolute Gasteiger partial charge is 0.226 e. The normalized spacial score (nSPS) is 10.8. The van der Waals surface area contributed by atoms with Gasteiger partial charge in [-0.15, -0.1) is 12.4 Å². The second kappa shape index (κ2) is 8.33. The van der Waals surface area contributed by atoms with Crippen LogP contribution in [0.5, 0.6) is 0 Å². The minimum atomic E-state index is 0. The standard InChI is InChI=1S/C16H20ClN7.ClH/c1-23(2)8-7-18-16-21-14(13-10-19-24(3)15(13)22-16)20-12-6-4-5-11(17)9-12;/h4-6,9-10H,7-8H2,1-3H3,(H2,18,20,21,22);1H. The minimum Gasteiger partial charge on any atom is -0.353 e. The average molecular weight is 382 g/mol. The van der Waals surface area contributed by atoms with E-state index in [1.165, 1.54) is 0 Å². The zero-order valence-electron chi connectivity index (χ0n) is 14.3. The molecule has 0 fully saturated rings. The highest BCUT2D eigenvalue weighted by Gasteiger charge is 2.12. The Kier molecular flexibility index (Phi) is 6.41. The molecule has 0 amide bonds. The number of halogens is 2. The molecule has 0 aliphatic heterocycles. The number of hydrogen-bond acceptors (Lipinski definition) is 6. The van der Waals surface area contributed by atoms with Gasteiger partial charge in [-0.3, -0.25) is 4.68 Å². The predicted molar refractivity (Wildman–Crippen MR) is 105 cm³/mol. The van der Waals surface area contributed by atoms with Crippen molar-refractivity contribution in [3.63, 3.8) is 0 Å². The van der Waals surface area contributed by atoms with E-state index >= 15 is 0 Å². The second-order valence-electron chi connectivity index (χ2n) is 5.77. The van der Waals surface area contributed by atoms with Crippen LogP contribution in [0.4, 0.5) is 17.5 Å². The molecule has 9 heteroatoms. The molecule has 0 atom stereocenters. The van der Waals surface area contributed by atoms with Gasteiger partial charge in [-0.25, -0.2) is 0 Å². The lowest BCUT2D eigenvalue weighted by Gasteiger charge is -2.12. The first-order valence-corrected chi connectivity index (χ1v) is 8.01. The zero-order valence-corrected chi connectivity index (χ0v) is 15.9. The molecule has 7 nitrogen and oxygen atoms in total. The van der Waals surface area contributed by atoms with Crippen LogP contribution >= 0.6 is 24.0 Å². The fourth-order valence-corrected chi connectivity index (χ4v) is 2.48. The number of rotatable bonds is 6. The summed E-state index contributed by atoms with van der Waals surface area (Å²) in [6.07, 6.45) is 1.76. The van der Waals surface area contributed by atoms with Gasteiger partial charge in [-0.1, -0.05) is 17.7 Å². The van der Waals surface area contributed by atoms with E-state index < -0.39 is 0 Å². The van der Waals surface area contributed by atoms with E-state index in [9.17, 15) is 0 Å². The summed E-state index contributed by atoms with van der Waals surface area (Å²) in [5.74, 6) is 1.26. The molecular formula is C16H21Cl2N7. The van der Waals surface area contributed by atoms with Crippen molar-refractivity contribution in [3.05, 3.63) is 35.5 Å². The molecule has 134 valence electrons. The van der Waals surface area contributed by atoms with Gasteiger partial charge in [0.1, 0.15) is 5.82 Å². The van der Waals surface area contributed by atoms with E-state index in [1.807, 2.05) is 45.4 Å². The van der Waals surface area contributed by atoms with Gasteiger partial charge < -0.3 is 15.5 Å². The quantitative estimate of drug-likeness (QED) is 0.683. The largest absolute Gasteiger partial charge is 0.353 e. The maximum Gasteiger partial charge on any atom is 0.226 e. The SMILES string of the molecule is CN(C)CCNc1nc(Nc2cccc(Cl)c2)c2cnn(C)c2n1.Cl. The highest BCUT2D eigenvalue weighted by atomic mass is 35.5. The van der Waals surface area contributed by atoms with E-state index in [2.05, 4.69) is 30.6 Å². The van der Waals surface area contributed by atoms with Crippen molar-refractivity contribution < 1.29 is 0 Å². The average Bonchev–Trinajstić information content (AvgIpc) is 2.89. The van der Waals surface area contributed by atoms with Crippen molar-refractivity contribution >= 4 is 52.5 Å². The summed E-state index contributed by atoms with van der Waals surface area (Å²) >= 11 is 6.06. The summed E-state index contributed by atoms with van der Waals surface area (Å²) in [4.78, 5) is 11.2. The monoisotopic (exact) mass is 381 g/mol. The van der Waals surface area contributed by atoms with E-state index in [-0.39, 0.29) is 12.4 Å². The van der Waals surface area contributed by atoms with Gasteiger partial charge in [0, 0.05) is 30.8 Å². The number of fused-ring (bicyclic) bond motifs is 1. The maximum absolute atomic E-state index is 6.06. The maximum atomic E-state index is 6.06. The summed E-state index contributed by atoms with van der Waals surface area (Å²) < 4.78 is 1.73. The number of nitrogens with one attached hydrogen (secondary N) is 2. The Morgan fingerprint density at radius 1 is 1.24 bits per heavy atom. The van der Waals surface area contributed by atoms with Gasteiger partial charge >= 0.3 is 0 Å².